The minimum atomic E-state index is -0.457. The number of rotatable bonds is 3. The van der Waals surface area contributed by atoms with E-state index in [4.69, 9.17) is 4.74 Å². The number of carbonyl (C=O) groups is 1. The Bertz CT molecular complexity index is 513. The highest BCUT2D eigenvalue weighted by molar-refractivity contribution is 5.68. The van der Waals surface area contributed by atoms with E-state index in [9.17, 15) is 9.90 Å². The molecule has 1 amide bonds. The van der Waals surface area contributed by atoms with Crippen molar-refractivity contribution in [3.05, 3.63) is 35.9 Å². The van der Waals surface area contributed by atoms with Crippen molar-refractivity contribution >= 4 is 6.09 Å². The molecule has 1 aromatic carbocycles. The van der Waals surface area contributed by atoms with Crippen LogP contribution < -0.4 is 0 Å². The van der Waals surface area contributed by atoms with Gasteiger partial charge in [-0.15, -0.1) is 0 Å². The van der Waals surface area contributed by atoms with Gasteiger partial charge in [-0.25, -0.2) is 4.79 Å². The van der Waals surface area contributed by atoms with Crippen LogP contribution in [-0.4, -0.2) is 34.8 Å². The Morgan fingerprint density at radius 2 is 1.83 bits per heavy atom. The van der Waals surface area contributed by atoms with Crippen LogP contribution in [0.3, 0.4) is 0 Å². The number of ether oxygens (including phenoxy) is 1. The first kappa shape index (κ1) is 17.8. The second kappa shape index (κ2) is 6.91. The van der Waals surface area contributed by atoms with Crippen molar-refractivity contribution in [2.45, 2.75) is 58.7 Å². The molecule has 1 N–H and O–H groups in total. The number of aliphatic hydroxyl groups excluding tert-OH is 1. The highest BCUT2D eigenvalue weighted by Gasteiger charge is 2.35. The molecule has 0 aromatic heterocycles. The zero-order valence-electron chi connectivity index (χ0n) is 14.7. The summed E-state index contributed by atoms with van der Waals surface area (Å²) in [5, 5.41) is 10.5. The molecule has 0 bridgehead atoms. The summed E-state index contributed by atoms with van der Waals surface area (Å²) in [5.74, 6) is 0. The van der Waals surface area contributed by atoms with Crippen molar-refractivity contribution in [3.8, 4) is 0 Å². The molecular weight excluding hydrogens is 290 g/mol. The molecule has 0 aliphatic carbocycles. The molecule has 4 heteroatoms. The van der Waals surface area contributed by atoms with Crippen LogP contribution in [0.15, 0.2) is 30.3 Å². The van der Waals surface area contributed by atoms with Crippen molar-refractivity contribution in [1.29, 1.82) is 0 Å². The van der Waals surface area contributed by atoms with Crippen LogP contribution in [0.2, 0.25) is 0 Å². The van der Waals surface area contributed by atoms with Crippen molar-refractivity contribution in [2.24, 2.45) is 5.41 Å². The average Bonchev–Trinajstić information content (AvgIpc) is 2.46. The van der Waals surface area contributed by atoms with Gasteiger partial charge in [-0.3, -0.25) is 0 Å². The lowest BCUT2D eigenvalue weighted by Gasteiger charge is -2.40. The monoisotopic (exact) mass is 319 g/mol. The Balaban J connectivity index is 1.88. The maximum atomic E-state index is 12.1. The van der Waals surface area contributed by atoms with Gasteiger partial charge in [0.1, 0.15) is 5.60 Å². The summed E-state index contributed by atoms with van der Waals surface area (Å²) >= 11 is 0. The standard InChI is InChI=1S/C19H29NO3/c1-18(2,3)23-17(22)20-12-10-19(4,11-13-20)14-16(21)15-8-6-5-7-9-15/h5-9,16,21H,10-14H2,1-4H3. The maximum Gasteiger partial charge on any atom is 0.410 e. The molecule has 1 saturated heterocycles. The lowest BCUT2D eigenvalue weighted by Crippen LogP contribution is -2.44. The third kappa shape index (κ3) is 5.24. The van der Waals surface area contributed by atoms with Crippen LogP contribution in [0.25, 0.3) is 0 Å². The lowest BCUT2D eigenvalue weighted by molar-refractivity contribution is 0.00448. The summed E-state index contributed by atoms with van der Waals surface area (Å²) in [6, 6.07) is 9.78. The van der Waals surface area contributed by atoms with Crippen LogP contribution in [0.4, 0.5) is 4.79 Å². The van der Waals surface area contributed by atoms with Crippen molar-refractivity contribution < 1.29 is 14.6 Å². The van der Waals surface area contributed by atoms with Gasteiger partial charge in [0.15, 0.2) is 0 Å². The SMILES string of the molecule is CC1(CC(O)c2ccccc2)CCN(C(=O)OC(C)(C)C)CC1. The second-order valence-corrected chi connectivity index (χ2v) is 7.91. The minimum absolute atomic E-state index is 0.0494. The van der Waals surface area contributed by atoms with E-state index in [0.29, 0.717) is 13.1 Å². The predicted octanol–water partition coefficient (Wildman–Crippen LogP) is 4.15. The summed E-state index contributed by atoms with van der Waals surface area (Å²) < 4.78 is 5.43. The smallest absolute Gasteiger partial charge is 0.410 e. The van der Waals surface area contributed by atoms with E-state index in [0.717, 1.165) is 24.8 Å². The normalized spacial score (nSPS) is 19.3. The highest BCUT2D eigenvalue weighted by Crippen LogP contribution is 2.39. The Hall–Kier alpha value is -1.55. The third-order valence-electron chi connectivity index (χ3n) is 4.49. The summed E-state index contributed by atoms with van der Waals surface area (Å²) in [4.78, 5) is 13.9. The molecule has 1 fully saturated rings. The number of hydrogen-bond acceptors (Lipinski definition) is 3. The van der Waals surface area contributed by atoms with Crippen LogP contribution >= 0.6 is 0 Å². The van der Waals surface area contributed by atoms with E-state index in [2.05, 4.69) is 6.92 Å². The van der Waals surface area contributed by atoms with Crippen LogP contribution in [0.5, 0.6) is 0 Å². The molecule has 1 aromatic rings. The van der Waals surface area contributed by atoms with Gasteiger partial charge in [0.2, 0.25) is 0 Å². The lowest BCUT2D eigenvalue weighted by atomic mass is 9.75. The molecule has 128 valence electrons. The van der Waals surface area contributed by atoms with Gasteiger partial charge >= 0.3 is 6.09 Å². The summed E-state index contributed by atoms with van der Waals surface area (Å²) in [7, 11) is 0. The molecule has 2 rings (SSSR count). The largest absolute Gasteiger partial charge is 0.444 e. The molecular formula is C19H29NO3. The fraction of sp³-hybridized carbons (Fsp3) is 0.632. The van der Waals surface area contributed by atoms with Crippen molar-refractivity contribution in [2.75, 3.05) is 13.1 Å². The molecule has 0 spiro atoms. The summed E-state index contributed by atoms with van der Waals surface area (Å²) in [6.45, 7) is 9.23. The van der Waals surface area contributed by atoms with Crippen LogP contribution in [0.1, 0.15) is 58.6 Å². The van der Waals surface area contributed by atoms with E-state index in [1.54, 1.807) is 4.90 Å². The fourth-order valence-corrected chi connectivity index (χ4v) is 3.02. The Morgan fingerprint density at radius 3 is 2.35 bits per heavy atom. The zero-order chi connectivity index (χ0) is 17.1. The van der Waals surface area contributed by atoms with Gasteiger partial charge in [-0.1, -0.05) is 37.3 Å². The van der Waals surface area contributed by atoms with Crippen molar-refractivity contribution in [3.63, 3.8) is 0 Å². The first-order valence-electron chi connectivity index (χ1n) is 8.39. The second-order valence-electron chi connectivity index (χ2n) is 7.91. The molecule has 4 nitrogen and oxygen atoms in total. The van der Waals surface area contributed by atoms with Gasteiger partial charge in [0, 0.05) is 13.1 Å². The maximum absolute atomic E-state index is 12.1. The average molecular weight is 319 g/mol. The minimum Gasteiger partial charge on any atom is -0.444 e. The van der Waals surface area contributed by atoms with Gasteiger partial charge in [0.05, 0.1) is 6.10 Å². The number of amides is 1. The predicted molar refractivity (Wildman–Crippen MR) is 91.2 cm³/mol. The highest BCUT2D eigenvalue weighted by atomic mass is 16.6. The molecule has 1 atom stereocenters. The topological polar surface area (TPSA) is 49.8 Å². The van der Waals surface area contributed by atoms with E-state index >= 15 is 0 Å². The van der Waals surface area contributed by atoms with Gasteiger partial charge < -0.3 is 14.7 Å². The number of aliphatic hydroxyl groups is 1. The molecule has 1 unspecified atom stereocenters. The molecule has 0 radical (unpaired) electrons. The first-order chi connectivity index (χ1) is 10.7. The molecule has 1 heterocycles. The van der Waals surface area contributed by atoms with Gasteiger partial charge in [-0.05, 0) is 51.0 Å². The van der Waals surface area contributed by atoms with Gasteiger partial charge in [0.25, 0.3) is 0 Å². The van der Waals surface area contributed by atoms with Crippen molar-refractivity contribution in [1.82, 2.24) is 4.90 Å². The number of hydrogen-bond donors (Lipinski definition) is 1. The molecule has 23 heavy (non-hydrogen) atoms. The molecule has 0 saturated carbocycles. The quantitative estimate of drug-likeness (QED) is 0.910. The first-order valence-corrected chi connectivity index (χ1v) is 8.39. The van der Waals surface area contributed by atoms with Gasteiger partial charge in [-0.2, -0.15) is 0 Å². The summed E-state index contributed by atoms with van der Waals surface area (Å²) in [6.07, 6.45) is 1.81. The zero-order valence-corrected chi connectivity index (χ0v) is 14.7. The Labute approximate surface area is 139 Å². The number of carbonyl (C=O) groups excluding carboxylic acids is 1. The number of piperidine rings is 1. The fourth-order valence-electron chi connectivity index (χ4n) is 3.02. The van der Waals surface area contributed by atoms with Crippen LogP contribution in [-0.2, 0) is 4.74 Å². The van der Waals surface area contributed by atoms with E-state index < -0.39 is 11.7 Å². The number of nitrogens with zero attached hydrogens (tertiary/aromatic N) is 1. The van der Waals surface area contributed by atoms with E-state index in [-0.39, 0.29) is 11.5 Å². The third-order valence-corrected chi connectivity index (χ3v) is 4.49. The number of benzene rings is 1. The Kier molecular flexibility index (Phi) is 5.35. The molecule has 1 aliphatic rings. The van der Waals surface area contributed by atoms with E-state index in [1.165, 1.54) is 0 Å². The molecule has 1 aliphatic heterocycles. The van der Waals surface area contributed by atoms with Crippen LogP contribution in [0, 0.1) is 5.41 Å². The number of likely N-dealkylation sites (tertiary alicyclic amines) is 1. The Morgan fingerprint density at radius 1 is 1.26 bits per heavy atom. The van der Waals surface area contributed by atoms with E-state index in [1.807, 2.05) is 51.1 Å². The summed E-state index contributed by atoms with van der Waals surface area (Å²) in [5.41, 5.74) is 0.554.